The van der Waals surface area contributed by atoms with Gasteiger partial charge in [0, 0.05) is 25.7 Å². The van der Waals surface area contributed by atoms with Crippen molar-refractivity contribution in [2.75, 3.05) is 39.6 Å². The number of carbonyl (C=O) groups excluding carboxylic acids is 4. The molecule has 19 heteroatoms. The van der Waals surface area contributed by atoms with Crippen molar-refractivity contribution in [1.29, 1.82) is 0 Å². The van der Waals surface area contributed by atoms with Crippen molar-refractivity contribution in [2.45, 2.75) is 393 Å². The SMILES string of the molecule is CCCCCC/C=C\C=C/CCCCCCCC(=O)OC[C@H](COP(=O)(O)OC[C@@H](O)COP(=O)(O)OC[C@@H](COC(=O)CCCCCCCCCCC)OC(=O)CCCCCCCCCC(C)C)OC(=O)CCCCCCCCCCCCCCCCCCCCCCC. The Morgan fingerprint density at radius 2 is 0.568 bits per heavy atom. The molecule has 0 aliphatic carbocycles. The van der Waals surface area contributed by atoms with E-state index < -0.39 is 97.5 Å². The number of aliphatic hydroxyl groups excluding tert-OH is 1. The van der Waals surface area contributed by atoms with E-state index in [9.17, 15) is 43.2 Å². The van der Waals surface area contributed by atoms with Crippen LogP contribution in [0.25, 0.3) is 0 Å². The van der Waals surface area contributed by atoms with Gasteiger partial charge in [0.15, 0.2) is 12.2 Å². The highest BCUT2D eigenvalue weighted by Crippen LogP contribution is 2.45. The molecule has 3 N–H and O–H groups in total. The number of allylic oxidation sites excluding steroid dienone is 4. The van der Waals surface area contributed by atoms with Crippen LogP contribution in [0, 0.1) is 5.92 Å². The number of aliphatic hydroxyl groups is 1. The summed E-state index contributed by atoms with van der Waals surface area (Å²) in [5.74, 6) is -1.46. The maximum absolute atomic E-state index is 13.1. The summed E-state index contributed by atoms with van der Waals surface area (Å²) < 4.78 is 68.4. The normalized spacial score (nSPS) is 14.1. The average Bonchev–Trinajstić information content (AvgIpc) is 1.51. The van der Waals surface area contributed by atoms with Gasteiger partial charge in [-0.05, 0) is 57.3 Å². The topological polar surface area (TPSA) is 237 Å². The molecule has 0 saturated carbocycles. The summed E-state index contributed by atoms with van der Waals surface area (Å²) in [7, 11) is -9.92. The smallest absolute Gasteiger partial charge is 0.462 e. The first kappa shape index (κ1) is 92.5. The Hall–Kier alpha value is -2.46. The van der Waals surface area contributed by atoms with E-state index in [0.29, 0.717) is 31.6 Å². The number of rotatable bonds is 74. The van der Waals surface area contributed by atoms with E-state index in [1.54, 1.807) is 0 Å². The summed E-state index contributed by atoms with van der Waals surface area (Å²) in [5, 5.41) is 10.6. The lowest BCUT2D eigenvalue weighted by Crippen LogP contribution is -2.30. The lowest BCUT2D eigenvalue weighted by Gasteiger charge is -2.21. The Morgan fingerprint density at radius 3 is 0.863 bits per heavy atom. The lowest BCUT2D eigenvalue weighted by molar-refractivity contribution is -0.161. The van der Waals surface area contributed by atoms with E-state index in [1.165, 1.54) is 180 Å². The van der Waals surface area contributed by atoms with Gasteiger partial charge >= 0.3 is 39.5 Å². The molecule has 0 saturated heterocycles. The van der Waals surface area contributed by atoms with Gasteiger partial charge in [-0.3, -0.25) is 37.3 Å². The van der Waals surface area contributed by atoms with Crippen LogP contribution in [-0.4, -0.2) is 96.7 Å². The van der Waals surface area contributed by atoms with Crippen LogP contribution in [0.4, 0.5) is 0 Å². The first-order chi connectivity index (χ1) is 46.0. The van der Waals surface area contributed by atoms with Crippen LogP contribution in [0.2, 0.25) is 0 Å². The van der Waals surface area contributed by atoms with Gasteiger partial charge in [-0.2, -0.15) is 0 Å². The molecule has 0 aromatic carbocycles. The molecule has 5 atom stereocenters. The second kappa shape index (κ2) is 68.7. The highest BCUT2D eigenvalue weighted by atomic mass is 31.2. The number of phosphoric acid groups is 2. The van der Waals surface area contributed by atoms with Crippen LogP contribution in [0.5, 0.6) is 0 Å². The molecule has 0 aromatic rings. The van der Waals surface area contributed by atoms with E-state index in [4.69, 9.17) is 37.0 Å². The van der Waals surface area contributed by atoms with Gasteiger partial charge in [-0.25, -0.2) is 9.13 Å². The summed E-state index contributed by atoms with van der Waals surface area (Å²) in [6, 6.07) is 0. The molecule has 17 nitrogen and oxygen atoms in total. The van der Waals surface area contributed by atoms with Gasteiger partial charge in [-0.15, -0.1) is 0 Å². The molecule has 0 amide bonds. The van der Waals surface area contributed by atoms with E-state index in [2.05, 4.69) is 58.9 Å². The maximum Gasteiger partial charge on any atom is 0.472 e. The van der Waals surface area contributed by atoms with Gasteiger partial charge in [0.05, 0.1) is 26.4 Å². The van der Waals surface area contributed by atoms with Gasteiger partial charge in [0.1, 0.15) is 19.3 Å². The summed E-state index contributed by atoms with van der Waals surface area (Å²) in [6.45, 7) is 7.13. The number of carbonyl (C=O) groups is 4. The number of hydrogen-bond acceptors (Lipinski definition) is 15. The van der Waals surface area contributed by atoms with Crippen molar-refractivity contribution in [3.8, 4) is 0 Å². The molecular weight excluding hydrogens is 1250 g/mol. The molecule has 0 fully saturated rings. The van der Waals surface area contributed by atoms with Crippen LogP contribution < -0.4 is 0 Å². The summed E-state index contributed by atoms with van der Waals surface area (Å²) >= 11 is 0. The molecule has 0 heterocycles. The van der Waals surface area contributed by atoms with Crippen molar-refractivity contribution >= 4 is 39.5 Å². The number of unbranched alkanes of at least 4 members (excludes halogenated alkanes) is 43. The van der Waals surface area contributed by atoms with Crippen molar-refractivity contribution < 1.29 is 80.2 Å². The van der Waals surface area contributed by atoms with Crippen molar-refractivity contribution in [3.05, 3.63) is 24.3 Å². The minimum absolute atomic E-state index is 0.101. The molecule has 0 aliphatic heterocycles. The fourth-order valence-corrected chi connectivity index (χ4v) is 12.7. The van der Waals surface area contributed by atoms with E-state index >= 15 is 0 Å². The quantitative estimate of drug-likeness (QED) is 0.0169. The Morgan fingerprint density at radius 1 is 0.326 bits per heavy atom. The van der Waals surface area contributed by atoms with Gasteiger partial charge in [0.25, 0.3) is 0 Å². The Labute approximate surface area is 580 Å². The molecule has 0 spiro atoms. The van der Waals surface area contributed by atoms with Crippen molar-refractivity contribution in [2.24, 2.45) is 5.92 Å². The highest BCUT2D eigenvalue weighted by molar-refractivity contribution is 7.47. The number of ether oxygens (including phenoxy) is 4. The average molecular weight is 1390 g/mol. The molecule has 0 radical (unpaired) electrons. The molecule has 0 aliphatic rings. The molecule has 0 rings (SSSR count). The Kier molecular flexibility index (Phi) is 66.9. The molecule has 95 heavy (non-hydrogen) atoms. The summed E-state index contributed by atoms with van der Waals surface area (Å²) in [6.07, 6.45) is 60.7. The highest BCUT2D eigenvalue weighted by Gasteiger charge is 2.30. The second-order valence-electron chi connectivity index (χ2n) is 27.2. The van der Waals surface area contributed by atoms with Gasteiger partial charge in [-0.1, -0.05) is 322 Å². The first-order valence-corrected chi connectivity index (χ1v) is 41.9. The zero-order valence-corrected chi connectivity index (χ0v) is 63.1. The third-order valence-corrected chi connectivity index (χ3v) is 19.1. The fraction of sp³-hybridized carbons (Fsp3) is 0.895. The molecular formula is C76H144O17P2. The van der Waals surface area contributed by atoms with Crippen LogP contribution in [0.3, 0.4) is 0 Å². The Bertz CT molecular complexity index is 1920. The van der Waals surface area contributed by atoms with Crippen LogP contribution in [0.15, 0.2) is 24.3 Å². The number of esters is 4. The first-order valence-electron chi connectivity index (χ1n) is 39.0. The largest absolute Gasteiger partial charge is 0.472 e. The molecule has 2 unspecified atom stereocenters. The second-order valence-corrected chi connectivity index (χ2v) is 30.1. The molecule has 0 bridgehead atoms. The minimum Gasteiger partial charge on any atom is -0.462 e. The number of phosphoric ester groups is 2. The third-order valence-electron chi connectivity index (χ3n) is 17.2. The van der Waals surface area contributed by atoms with Crippen LogP contribution in [-0.2, 0) is 65.4 Å². The zero-order valence-electron chi connectivity index (χ0n) is 61.3. The molecule has 560 valence electrons. The summed E-state index contributed by atoms with van der Waals surface area (Å²) in [5.41, 5.74) is 0. The van der Waals surface area contributed by atoms with Gasteiger partial charge < -0.3 is 33.8 Å². The third kappa shape index (κ3) is 69.8. The predicted octanol–water partition coefficient (Wildman–Crippen LogP) is 22.0. The van der Waals surface area contributed by atoms with Crippen molar-refractivity contribution in [3.63, 3.8) is 0 Å². The van der Waals surface area contributed by atoms with Crippen LogP contribution >= 0.6 is 15.6 Å². The standard InChI is InChI=1S/C76H144O17P2/c1-6-9-12-15-18-21-23-25-27-28-29-30-31-32-34-36-38-41-46-51-56-61-75(80)92-71(65-87-74(79)60-55-50-45-40-37-35-33-26-24-22-19-16-13-10-7-2)67-90-94(82,83)88-63-70(77)64-89-95(84,85)91-68-72(66-86-73(78)59-54-49-44-39-20-17-14-11-8-3)93-76(81)62-57-52-47-42-43-48-53-58-69(4)5/h22,24,26,33,69-72,77H,6-21,23,25,27-32,34-68H2,1-5H3,(H,82,83)(H,84,85)/b24-22-,33-26-/t70-,71-,72-/m1/s1. The van der Waals surface area contributed by atoms with E-state index in [1.807, 2.05) is 0 Å². The van der Waals surface area contributed by atoms with E-state index in [0.717, 1.165) is 109 Å². The van der Waals surface area contributed by atoms with Gasteiger partial charge in [0.2, 0.25) is 0 Å². The minimum atomic E-state index is -4.96. The van der Waals surface area contributed by atoms with Crippen molar-refractivity contribution in [1.82, 2.24) is 0 Å². The zero-order chi connectivity index (χ0) is 69.8. The Balaban J connectivity index is 5.21. The summed E-state index contributed by atoms with van der Waals surface area (Å²) in [4.78, 5) is 72.6. The fourth-order valence-electron chi connectivity index (χ4n) is 11.2. The molecule has 0 aromatic heterocycles. The predicted molar refractivity (Wildman–Crippen MR) is 386 cm³/mol. The lowest BCUT2D eigenvalue weighted by atomic mass is 10.0. The number of hydrogen-bond donors (Lipinski definition) is 3. The van der Waals surface area contributed by atoms with Crippen LogP contribution in [0.1, 0.15) is 375 Å². The maximum atomic E-state index is 13.1. The monoisotopic (exact) mass is 1390 g/mol. The van der Waals surface area contributed by atoms with E-state index in [-0.39, 0.29) is 25.7 Å².